The number of nitriles is 1. The molecular weight excluding hydrogens is 216 g/mol. The minimum absolute atomic E-state index is 0.174. The van der Waals surface area contributed by atoms with Gasteiger partial charge in [-0.05, 0) is 19.1 Å². The topological polar surface area (TPSA) is 79.4 Å². The van der Waals surface area contributed by atoms with Crippen LogP contribution in [0.1, 0.15) is 18.4 Å². The molecule has 86 valence electrons. The molecule has 2 aromatic rings. The third kappa shape index (κ3) is 2.78. The lowest BCUT2D eigenvalue weighted by molar-refractivity contribution is 0.669. The molecule has 17 heavy (non-hydrogen) atoms. The molecule has 0 radical (unpaired) electrons. The van der Waals surface area contributed by atoms with Gasteiger partial charge in [0.1, 0.15) is 18.2 Å². The minimum Gasteiger partial charge on any atom is -0.370 e. The van der Waals surface area contributed by atoms with Crippen molar-refractivity contribution >= 4 is 5.82 Å². The van der Waals surface area contributed by atoms with Gasteiger partial charge in [-0.1, -0.05) is 6.07 Å². The second-order valence-corrected chi connectivity index (χ2v) is 3.42. The lowest BCUT2D eigenvalue weighted by atomic mass is 10.3. The summed E-state index contributed by atoms with van der Waals surface area (Å²) in [7, 11) is 0. The first-order valence-corrected chi connectivity index (χ1v) is 5.31. The van der Waals surface area contributed by atoms with Gasteiger partial charge in [0.2, 0.25) is 0 Å². The lowest BCUT2D eigenvalue weighted by Crippen LogP contribution is -2.05. The van der Waals surface area contributed by atoms with Crippen LogP contribution in [0.3, 0.4) is 0 Å². The van der Waals surface area contributed by atoms with Crippen LogP contribution in [0.5, 0.6) is 0 Å². The Kier molecular flexibility index (Phi) is 3.31. The zero-order chi connectivity index (χ0) is 12.1. The molecule has 0 unspecified atom stereocenters. The smallest absolute Gasteiger partial charge is 0.252 e. The quantitative estimate of drug-likeness (QED) is 0.845. The van der Waals surface area contributed by atoms with Gasteiger partial charge in [-0.3, -0.25) is 0 Å². The Bertz CT molecular complexity index is 539. The highest BCUT2D eigenvalue weighted by Crippen LogP contribution is 2.05. The van der Waals surface area contributed by atoms with Crippen molar-refractivity contribution in [3.05, 3.63) is 36.0 Å². The monoisotopic (exact) mass is 228 g/mol. The number of hydrogen-bond acceptors (Lipinski definition) is 5. The maximum atomic E-state index is 8.62. The summed E-state index contributed by atoms with van der Waals surface area (Å²) in [5.41, 5.74) is 0.873. The number of rotatable bonds is 4. The predicted molar refractivity (Wildman–Crippen MR) is 62.2 cm³/mol. The number of nitrogens with zero attached hydrogens (tertiary/aromatic N) is 5. The van der Waals surface area contributed by atoms with Crippen LogP contribution in [0.2, 0.25) is 0 Å². The van der Waals surface area contributed by atoms with E-state index in [9.17, 15) is 0 Å². The van der Waals surface area contributed by atoms with Crippen molar-refractivity contribution < 1.29 is 0 Å². The van der Waals surface area contributed by atoms with Crippen LogP contribution in [0.25, 0.3) is 0 Å². The maximum absolute atomic E-state index is 8.62. The van der Waals surface area contributed by atoms with E-state index in [1.165, 1.54) is 6.33 Å². The molecule has 2 heterocycles. The van der Waals surface area contributed by atoms with Crippen molar-refractivity contribution in [2.24, 2.45) is 0 Å². The van der Waals surface area contributed by atoms with Crippen molar-refractivity contribution in [3.63, 3.8) is 0 Å². The van der Waals surface area contributed by atoms with Crippen LogP contribution >= 0.6 is 0 Å². The number of pyridine rings is 1. The summed E-state index contributed by atoms with van der Waals surface area (Å²) in [5, 5.41) is 15.7. The zero-order valence-electron chi connectivity index (χ0n) is 9.46. The van der Waals surface area contributed by atoms with Gasteiger partial charge in [-0.15, -0.1) is 5.10 Å². The zero-order valence-corrected chi connectivity index (χ0v) is 9.46. The van der Waals surface area contributed by atoms with Gasteiger partial charge < -0.3 is 5.32 Å². The number of hydrogen-bond donors (Lipinski definition) is 1. The molecule has 0 aliphatic rings. The third-order valence-corrected chi connectivity index (χ3v) is 2.13. The molecule has 6 nitrogen and oxygen atoms in total. The second-order valence-electron chi connectivity index (χ2n) is 3.42. The van der Waals surface area contributed by atoms with Gasteiger partial charge in [-0.25, -0.2) is 14.6 Å². The van der Waals surface area contributed by atoms with E-state index in [1.807, 2.05) is 31.2 Å². The predicted octanol–water partition coefficient (Wildman–Crippen LogP) is 1.02. The summed E-state index contributed by atoms with van der Waals surface area (Å²) in [6.07, 6.45) is 1.53. The lowest BCUT2D eigenvalue weighted by Gasteiger charge is -2.04. The molecule has 2 aromatic heterocycles. The Morgan fingerprint density at radius 3 is 3.06 bits per heavy atom. The first-order chi connectivity index (χ1) is 8.31. The van der Waals surface area contributed by atoms with Gasteiger partial charge >= 0.3 is 0 Å². The molecule has 0 bridgehead atoms. The molecule has 0 fully saturated rings. The van der Waals surface area contributed by atoms with E-state index in [0.717, 1.165) is 18.1 Å². The first kappa shape index (κ1) is 11.1. The van der Waals surface area contributed by atoms with Gasteiger partial charge in [0.05, 0.1) is 12.2 Å². The van der Waals surface area contributed by atoms with E-state index in [1.54, 1.807) is 4.68 Å². The fraction of sp³-hybridized carbons (Fsp3) is 0.273. The molecule has 0 aromatic carbocycles. The average molecular weight is 228 g/mol. The van der Waals surface area contributed by atoms with Crippen LogP contribution in [-0.4, -0.2) is 26.3 Å². The van der Waals surface area contributed by atoms with Crippen LogP contribution in [0.15, 0.2) is 24.5 Å². The Hall–Kier alpha value is -2.42. The Morgan fingerprint density at radius 2 is 2.35 bits per heavy atom. The molecule has 0 aliphatic heterocycles. The minimum atomic E-state index is 0.174. The van der Waals surface area contributed by atoms with Crippen molar-refractivity contribution in [3.8, 4) is 6.07 Å². The molecule has 2 rings (SSSR count). The van der Waals surface area contributed by atoms with Gasteiger partial charge in [0, 0.05) is 6.54 Å². The van der Waals surface area contributed by atoms with Crippen molar-refractivity contribution in [1.82, 2.24) is 19.7 Å². The Morgan fingerprint density at radius 1 is 1.47 bits per heavy atom. The Balaban J connectivity index is 2.13. The van der Waals surface area contributed by atoms with E-state index in [2.05, 4.69) is 20.4 Å². The molecular formula is C11H12N6. The standard InChI is InChI=1S/C11H12N6/c1-2-13-10-5-3-4-9(15-10)7-17-8-14-11(6-12)16-17/h3-5,8H,2,7H2,1H3,(H,13,15). The third-order valence-electron chi connectivity index (χ3n) is 2.13. The number of anilines is 1. The fourth-order valence-electron chi connectivity index (χ4n) is 1.44. The van der Waals surface area contributed by atoms with Crippen molar-refractivity contribution in [2.75, 3.05) is 11.9 Å². The van der Waals surface area contributed by atoms with E-state index >= 15 is 0 Å². The van der Waals surface area contributed by atoms with Crippen LogP contribution in [0.4, 0.5) is 5.82 Å². The van der Waals surface area contributed by atoms with Crippen molar-refractivity contribution in [1.29, 1.82) is 5.26 Å². The molecule has 0 aliphatic carbocycles. The summed E-state index contributed by atoms with van der Waals surface area (Å²) < 4.78 is 1.59. The molecule has 0 saturated carbocycles. The fourth-order valence-corrected chi connectivity index (χ4v) is 1.44. The van der Waals surface area contributed by atoms with Crippen LogP contribution in [0, 0.1) is 11.3 Å². The molecule has 0 amide bonds. The van der Waals surface area contributed by atoms with E-state index < -0.39 is 0 Å². The molecule has 0 spiro atoms. The van der Waals surface area contributed by atoms with Crippen LogP contribution < -0.4 is 5.32 Å². The van der Waals surface area contributed by atoms with Crippen molar-refractivity contribution in [2.45, 2.75) is 13.5 Å². The summed E-state index contributed by atoms with van der Waals surface area (Å²) in [6, 6.07) is 7.65. The highest BCUT2D eigenvalue weighted by atomic mass is 15.3. The highest BCUT2D eigenvalue weighted by Gasteiger charge is 2.02. The average Bonchev–Trinajstić information content (AvgIpc) is 2.78. The molecule has 6 heteroatoms. The first-order valence-electron chi connectivity index (χ1n) is 5.31. The Labute approximate surface area is 98.9 Å². The van der Waals surface area contributed by atoms with Gasteiger partial charge in [0.15, 0.2) is 0 Å². The van der Waals surface area contributed by atoms with E-state index in [4.69, 9.17) is 5.26 Å². The molecule has 0 atom stereocenters. The maximum Gasteiger partial charge on any atom is 0.252 e. The normalized spacial score (nSPS) is 9.88. The van der Waals surface area contributed by atoms with E-state index in [-0.39, 0.29) is 5.82 Å². The summed E-state index contributed by atoms with van der Waals surface area (Å²) >= 11 is 0. The molecule has 0 saturated heterocycles. The summed E-state index contributed by atoms with van der Waals surface area (Å²) in [6.45, 7) is 3.36. The highest BCUT2D eigenvalue weighted by molar-refractivity contribution is 5.35. The van der Waals surface area contributed by atoms with Gasteiger partial charge in [0.25, 0.3) is 5.82 Å². The summed E-state index contributed by atoms with van der Waals surface area (Å²) in [5.74, 6) is 1.01. The second kappa shape index (κ2) is 5.07. The number of aromatic nitrogens is 4. The van der Waals surface area contributed by atoms with E-state index in [0.29, 0.717) is 6.54 Å². The summed E-state index contributed by atoms with van der Waals surface area (Å²) in [4.78, 5) is 8.25. The van der Waals surface area contributed by atoms with Crippen LogP contribution in [-0.2, 0) is 6.54 Å². The number of nitrogens with one attached hydrogen (secondary N) is 1. The SMILES string of the molecule is CCNc1cccc(Cn2cnc(C#N)n2)n1. The van der Waals surface area contributed by atoms with Gasteiger partial charge in [-0.2, -0.15) is 5.26 Å². The largest absolute Gasteiger partial charge is 0.370 e. The molecule has 1 N–H and O–H groups in total.